The second-order valence-corrected chi connectivity index (χ2v) is 10.1. The first-order chi connectivity index (χ1) is 13.4. The Morgan fingerprint density at radius 1 is 0.966 bits per heavy atom. The Morgan fingerprint density at radius 3 is 2.10 bits per heavy atom. The van der Waals surface area contributed by atoms with Gasteiger partial charge in [-0.15, -0.1) is 0 Å². The van der Waals surface area contributed by atoms with E-state index in [1.165, 1.54) is 12.1 Å². The molecule has 0 heterocycles. The average Bonchev–Trinajstić information content (AvgIpc) is 2.63. The molecule has 1 amide bonds. The summed E-state index contributed by atoms with van der Waals surface area (Å²) in [5.74, 6) is -2.90. The molecule has 0 aliphatic heterocycles. The fourth-order valence-electron chi connectivity index (χ4n) is 2.43. The summed E-state index contributed by atoms with van der Waals surface area (Å²) in [4.78, 5) is 11.7. The van der Waals surface area contributed by atoms with Gasteiger partial charge in [0.05, 0.1) is 15.8 Å². The molecule has 1 atom stereocenters. The van der Waals surface area contributed by atoms with Crippen molar-refractivity contribution in [2.75, 3.05) is 12.8 Å². The average molecular weight is 446 g/mol. The van der Waals surface area contributed by atoms with E-state index in [4.69, 9.17) is 0 Å². The summed E-state index contributed by atoms with van der Waals surface area (Å²) < 4.78 is 75.3. The zero-order valence-corrected chi connectivity index (χ0v) is 17.3. The first kappa shape index (κ1) is 22.9. The third-order valence-electron chi connectivity index (χ3n) is 4.03. The molecule has 0 aromatic heterocycles. The van der Waals surface area contributed by atoms with Crippen LogP contribution in [0.2, 0.25) is 0 Å². The summed E-state index contributed by atoms with van der Waals surface area (Å²) in [5.41, 5.74) is 0.674. The summed E-state index contributed by atoms with van der Waals surface area (Å²) in [6.07, 6.45) is 0.906. The molecule has 0 saturated carbocycles. The summed E-state index contributed by atoms with van der Waals surface area (Å²) in [6.45, 7) is 1.45. The zero-order valence-electron chi connectivity index (χ0n) is 15.6. The lowest BCUT2D eigenvalue weighted by Gasteiger charge is -2.15. The Kier molecular flexibility index (Phi) is 7.09. The first-order valence-electron chi connectivity index (χ1n) is 8.44. The van der Waals surface area contributed by atoms with Crippen LogP contribution in [0.1, 0.15) is 24.9 Å². The maximum absolute atomic E-state index is 13.2. The lowest BCUT2D eigenvalue weighted by atomic mass is 10.1. The van der Waals surface area contributed by atoms with Crippen LogP contribution in [0.3, 0.4) is 0 Å². The quantitative estimate of drug-likeness (QED) is 0.644. The van der Waals surface area contributed by atoms with Gasteiger partial charge in [0, 0.05) is 19.2 Å². The van der Waals surface area contributed by atoms with E-state index in [0.29, 0.717) is 17.7 Å². The molecule has 11 heteroatoms. The molecule has 7 nitrogen and oxygen atoms in total. The van der Waals surface area contributed by atoms with Crippen molar-refractivity contribution in [2.24, 2.45) is 0 Å². The standard InChI is InChI=1S/C18H20F2N2O5S2/c1-12(13-3-5-14(6-4-13)28(2,24)25)22-18(23)9-10-21-29(26,27)15-7-8-16(19)17(20)11-15/h3-8,11-12,21H,9-10H2,1-2H3,(H,22,23). The summed E-state index contributed by atoms with van der Waals surface area (Å²) >= 11 is 0. The Morgan fingerprint density at radius 2 is 1.55 bits per heavy atom. The van der Waals surface area contributed by atoms with Crippen LogP contribution < -0.4 is 10.0 Å². The Balaban J connectivity index is 1.90. The zero-order chi connectivity index (χ0) is 21.8. The van der Waals surface area contributed by atoms with E-state index in [1.807, 2.05) is 0 Å². The highest BCUT2D eigenvalue weighted by molar-refractivity contribution is 7.90. The minimum absolute atomic E-state index is 0.159. The minimum Gasteiger partial charge on any atom is -0.350 e. The van der Waals surface area contributed by atoms with E-state index in [1.54, 1.807) is 19.1 Å². The fourth-order valence-corrected chi connectivity index (χ4v) is 4.10. The van der Waals surface area contributed by atoms with Crippen LogP contribution in [0.25, 0.3) is 0 Å². The number of rotatable bonds is 8. The van der Waals surface area contributed by atoms with Gasteiger partial charge in [-0.1, -0.05) is 12.1 Å². The smallest absolute Gasteiger partial charge is 0.240 e. The van der Waals surface area contributed by atoms with Gasteiger partial charge in [0.2, 0.25) is 15.9 Å². The lowest BCUT2D eigenvalue weighted by Crippen LogP contribution is -2.32. The van der Waals surface area contributed by atoms with Crippen molar-refractivity contribution >= 4 is 25.8 Å². The summed E-state index contributed by atoms with van der Waals surface area (Å²) in [7, 11) is -7.41. The van der Waals surface area contributed by atoms with Gasteiger partial charge in [-0.2, -0.15) is 0 Å². The monoisotopic (exact) mass is 446 g/mol. The molecule has 158 valence electrons. The molecule has 0 fully saturated rings. The Labute approximate surface area is 168 Å². The number of benzene rings is 2. The molecule has 0 aliphatic carbocycles. The van der Waals surface area contributed by atoms with Crippen LogP contribution in [0.5, 0.6) is 0 Å². The van der Waals surface area contributed by atoms with Crippen LogP contribution in [-0.4, -0.2) is 35.5 Å². The molecular weight excluding hydrogens is 426 g/mol. The van der Waals surface area contributed by atoms with Crippen molar-refractivity contribution in [3.05, 3.63) is 59.7 Å². The van der Waals surface area contributed by atoms with Crippen molar-refractivity contribution in [1.29, 1.82) is 0 Å². The van der Waals surface area contributed by atoms with Crippen LogP contribution >= 0.6 is 0 Å². The van der Waals surface area contributed by atoms with Gasteiger partial charge in [-0.25, -0.2) is 30.3 Å². The molecule has 0 aliphatic rings. The van der Waals surface area contributed by atoms with Crippen LogP contribution in [0, 0.1) is 11.6 Å². The van der Waals surface area contributed by atoms with E-state index in [-0.39, 0.29) is 17.9 Å². The second kappa shape index (κ2) is 8.97. The SMILES string of the molecule is CC(NC(=O)CCNS(=O)(=O)c1ccc(F)c(F)c1)c1ccc(S(C)(=O)=O)cc1. The topological polar surface area (TPSA) is 109 Å². The highest BCUT2D eigenvalue weighted by Gasteiger charge is 2.17. The van der Waals surface area contributed by atoms with E-state index >= 15 is 0 Å². The molecule has 29 heavy (non-hydrogen) atoms. The molecular formula is C18H20F2N2O5S2. The van der Waals surface area contributed by atoms with Crippen molar-refractivity contribution in [3.63, 3.8) is 0 Å². The number of hydrogen-bond donors (Lipinski definition) is 2. The third-order valence-corrected chi connectivity index (χ3v) is 6.62. The van der Waals surface area contributed by atoms with Gasteiger partial charge in [0.15, 0.2) is 21.5 Å². The predicted molar refractivity (Wildman–Crippen MR) is 102 cm³/mol. The van der Waals surface area contributed by atoms with Crippen molar-refractivity contribution < 1.29 is 30.4 Å². The molecule has 0 spiro atoms. The highest BCUT2D eigenvalue weighted by Crippen LogP contribution is 2.16. The first-order valence-corrected chi connectivity index (χ1v) is 11.8. The van der Waals surface area contributed by atoms with Crippen molar-refractivity contribution in [2.45, 2.75) is 29.2 Å². The number of carbonyl (C=O) groups excluding carboxylic acids is 1. The van der Waals surface area contributed by atoms with Gasteiger partial charge in [0.1, 0.15) is 0 Å². The van der Waals surface area contributed by atoms with Gasteiger partial charge >= 0.3 is 0 Å². The summed E-state index contributed by atoms with van der Waals surface area (Å²) in [6, 6.07) is 7.77. The molecule has 2 aromatic rings. The maximum atomic E-state index is 13.2. The molecule has 2 rings (SSSR count). The van der Waals surface area contributed by atoms with Crippen LogP contribution in [0.4, 0.5) is 8.78 Å². The molecule has 2 N–H and O–H groups in total. The maximum Gasteiger partial charge on any atom is 0.240 e. The molecule has 0 saturated heterocycles. The normalized spacial score (nSPS) is 13.1. The Hall–Kier alpha value is -2.37. The van der Waals surface area contributed by atoms with Crippen molar-refractivity contribution in [1.82, 2.24) is 10.0 Å². The van der Waals surface area contributed by atoms with Gasteiger partial charge < -0.3 is 5.32 Å². The number of amides is 1. The molecule has 2 aromatic carbocycles. The predicted octanol–water partition coefficient (Wildman–Crippen LogP) is 1.91. The van der Waals surface area contributed by atoms with Gasteiger partial charge in [-0.05, 0) is 42.8 Å². The largest absolute Gasteiger partial charge is 0.350 e. The molecule has 1 unspecified atom stereocenters. The van der Waals surface area contributed by atoms with Crippen LogP contribution in [-0.2, 0) is 24.7 Å². The van der Waals surface area contributed by atoms with E-state index < -0.39 is 48.3 Å². The number of sulfone groups is 1. The fraction of sp³-hybridized carbons (Fsp3) is 0.278. The highest BCUT2D eigenvalue weighted by atomic mass is 32.2. The summed E-state index contributed by atoms with van der Waals surface area (Å²) in [5, 5.41) is 2.66. The van der Waals surface area contributed by atoms with E-state index in [9.17, 15) is 30.4 Å². The van der Waals surface area contributed by atoms with Crippen molar-refractivity contribution in [3.8, 4) is 0 Å². The van der Waals surface area contributed by atoms with E-state index in [2.05, 4.69) is 10.0 Å². The molecule has 0 radical (unpaired) electrons. The number of hydrogen-bond acceptors (Lipinski definition) is 5. The number of halogens is 2. The Bertz CT molecular complexity index is 1100. The molecule has 0 bridgehead atoms. The van der Waals surface area contributed by atoms with Gasteiger partial charge in [-0.3, -0.25) is 4.79 Å². The van der Waals surface area contributed by atoms with Gasteiger partial charge in [0.25, 0.3) is 0 Å². The third kappa shape index (κ3) is 6.31. The van der Waals surface area contributed by atoms with Crippen LogP contribution in [0.15, 0.2) is 52.3 Å². The minimum atomic E-state index is -4.09. The lowest BCUT2D eigenvalue weighted by molar-refractivity contribution is -0.121. The number of carbonyl (C=O) groups is 1. The van der Waals surface area contributed by atoms with E-state index in [0.717, 1.165) is 12.3 Å². The number of nitrogens with one attached hydrogen (secondary N) is 2. The second-order valence-electron chi connectivity index (χ2n) is 6.35. The number of sulfonamides is 1.